The van der Waals surface area contributed by atoms with E-state index in [-0.39, 0.29) is 6.10 Å². The summed E-state index contributed by atoms with van der Waals surface area (Å²) >= 11 is 6.15. The molecule has 0 spiro atoms. The number of ether oxygens (including phenoxy) is 1. The van der Waals surface area contributed by atoms with Crippen molar-refractivity contribution in [2.24, 2.45) is 0 Å². The molecule has 1 aromatic heterocycles. The van der Waals surface area contributed by atoms with Crippen molar-refractivity contribution >= 4 is 11.6 Å². The van der Waals surface area contributed by atoms with Crippen LogP contribution < -0.4 is 0 Å². The number of rotatable bonds is 1. The zero-order chi connectivity index (χ0) is 10.3. The molecule has 80 valence electrons. The molecule has 0 N–H and O–H groups in total. The van der Waals surface area contributed by atoms with E-state index in [9.17, 15) is 0 Å². The molecule has 1 aliphatic heterocycles. The largest absolute Gasteiger partial charge is 0.370 e. The van der Waals surface area contributed by atoms with Crippen molar-refractivity contribution in [1.29, 1.82) is 0 Å². The molecule has 0 bridgehead atoms. The molecule has 3 nitrogen and oxygen atoms in total. The Morgan fingerprint density at radius 2 is 2.13 bits per heavy atom. The zero-order valence-corrected chi connectivity index (χ0v) is 9.26. The van der Waals surface area contributed by atoms with E-state index >= 15 is 0 Å². The molecule has 1 unspecified atom stereocenters. The first kappa shape index (κ1) is 9.55. The topological polar surface area (TPSA) is 35.0 Å². The molecule has 0 radical (unpaired) electrons. The molecule has 1 saturated heterocycles. The van der Waals surface area contributed by atoms with Gasteiger partial charge in [-0.1, -0.05) is 11.6 Å². The van der Waals surface area contributed by atoms with Crippen molar-refractivity contribution in [2.75, 3.05) is 6.61 Å². The summed E-state index contributed by atoms with van der Waals surface area (Å²) in [4.78, 5) is 8.93. The normalized spacial score (nSPS) is 24.5. The highest BCUT2D eigenvalue weighted by Gasteiger charge is 2.24. The van der Waals surface area contributed by atoms with Gasteiger partial charge in [0, 0.05) is 17.9 Å². The Labute approximate surface area is 93.8 Å². The maximum Gasteiger partial charge on any atom is 0.159 e. The van der Waals surface area contributed by atoms with Crippen molar-refractivity contribution in [2.45, 2.75) is 38.2 Å². The highest BCUT2D eigenvalue weighted by molar-refractivity contribution is 6.30. The van der Waals surface area contributed by atoms with Crippen LogP contribution in [0.25, 0.3) is 0 Å². The summed E-state index contributed by atoms with van der Waals surface area (Å²) in [6.07, 6.45) is 5.42. The molecule has 4 heteroatoms. The number of aromatic nitrogens is 2. The van der Waals surface area contributed by atoms with Gasteiger partial charge in [0.2, 0.25) is 0 Å². The fourth-order valence-corrected chi connectivity index (χ4v) is 2.62. The fraction of sp³-hybridized carbons (Fsp3) is 0.636. The maximum atomic E-state index is 6.15. The molecule has 2 aliphatic rings. The van der Waals surface area contributed by atoms with E-state index in [1.54, 1.807) is 0 Å². The fourth-order valence-electron chi connectivity index (χ4n) is 2.33. The van der Waals surface area contributed by atoms with E-state index in [1.807, 2.05) is 0 Å². The molecule has 15 heavy (non-hydrogen) atoms. The number of fused-ring (bicyclic) bond motifs is 1. The highest BCUT2D eigenvalue weighted by atomic mass is 35.5. The first-order chi connectivity index (χ1) is 7.34. The third-order valence-corrected chi connectivity index (χ3v) is 3.43. The predicted octanol–water partition coefficient (Wildman–Crippen LogP) is 2.47. The molecular formula is C11H13ClN2O. The average molecular weight is 225 g/mol. The minimum Gasteiger partial charge on any atom is -0.370 e. The molecule has 2 heterocycles. The van der Waals surface area contributed by atoms with Crippen LogP contribution in [0.3, 0.4) is 0 Å². The smallest absolute Gasteiger partial charge is 0.159 e. The molecule has 0 aromatic carbocycles. The molecular weight excluding hydrogens is 212 g/mol. The Morgan fingerprint density at radius 3 is 2.93 bits per heavy atom. The lowest BCUT2D eigenvalue weighted by Gasteiger charge is -2.10. The van der Waals surface area contributed by atoms with Gasteiger partial charge in [-0.05, 0) is 32.1 Å². The number of nitrogens with zero attached hydrogens (tertiary/aromatic N) is 2. The first-order valence-corrected chi connectivity index (χ1v) is 5.89. The molecule has 1 atom stereocenters. The van der Waals surface area contributed by atoms with Crippen molar-refractivity contribution < 1.29 is 4.74 Å². The van der Waals surface area contributed by atoms with Gasteiger partial charge in [0.1, 0.15) is 11.3 Å². The van der Waals surface area contributed by atoms with Crippen LogP contribution in [0.5, 0.6) is 0 Å². The summed E-state index contributed by atoms with van der Waals surface area (Å²) < 4.78 is 5.57. The standard InChI is InChI=1S/C11H13ClN2O/c12-10-7-3-1-4-8(7)13-11(14-10)9-5-2-6-15-9/h9H,1-6H2. The molecule has 0 amide bonds. The Bertz CT molecular complexity index is 388. The highest BCUT2D eigenvalue weighted by Crippen LogP contribution is 2.31. The summed E-state index contributed by atoms with van der Waals surface area (Å²) in [7, 11) is 0. The van der Waals surface area contributed by atoms with E-state index in [1.165, 1.54) is 0 Å². The molecule has 1 aromatic rings. The van der Waals surface area contributed by atoms with Gasteiger partial charge >= 0.3 is 0 Å². The SMILES string of the molecule is Clc1nc(C2CCCO2)nc2c1CCC2. The maximum absolute atomic E-state index is 6.15. The van der Waals surface area contributed by atoms with Crippen molar-refractivity contribution in [1.82, 2.24) is 9.97 Å². The van der Waals surface area contributed by atoms with Gasteiger partial charge < -0.3 is 4.74 Å². The Hall–Kier alpha value is -0.670. The van der Waals surface area contributed by atoms with Crippen molar-refractivity contribution in [3.63, 3.8) is 0 Å². The monoisotopic (exact) mass is 224 g/mol. The van der Waals surface area contributed by atoms with E-state index in [4.69, 9.17) is 16.3 Å². The van der Waals surface area contributed by atoms with Crippen LogP contribution in [0.4, 0.5) is 0 Å². The number of aryl methyl sites for hydroxylation is 1. The first-order valence-electron chi connectivity index (χ1n) is 5.51. The molecule has 0 saturated carbocycles. The lowest BCUT2D eigenvalue weighted by molar-refractivity contribution is 0.105. The second kappa shape index (κ2) is 3.72. The lowest BCUT2D eigenvalue weighted by atomic mass is 10.2. The van der Waals surface area contributed by atoms with Gasteiger partial charge in [0.25, 0.3) is 0 Å². The Morgan fingerprint density at radius 1 is 1.20 bits per heavy atom. The summed E-state index contributed by atoms with van der Waals surface area (Å²) in [5.41, 5.74) is 2.29. The van der Waals surface area contributed by atoms with Crippen molar-refractivity contribution in [3.05, 3.63) is 22.2 Å². The average Bonchev–Trinajstić information content (AvgIpc) is 2.88. The number of hydrogen-bond acceptors (Lipinski definition) is 3. The second-order valence-electron chi connectivity index (χ2n) is 4.15. The molecule has 3 rings (SSSR count). The van der Waals surface area contributed by atoms with Crippen LogP contribution in [0.15, 0.2) is 0 Å². The van der Waals surface area contributed by atoms with Crippen LogP contribution in [0.1, 0.15) is 42.4 Å². The van der Waals surface area contributed by atoms with Crippen LogP contribution in [0, 0.1) is 0 Å². The van der Waals surface area contributed by atoms with Crippen LogP contribution in [0.2, 0.25) is 5.15 Å². The van der Waals surface area contributed by atoms with Gasteiger partial charge in [-0.15, -0.1) is 0 Å². The number of halogens is 1. The number of hydrogen-bond donors (Lipinski definition) is 0. The quantitative estimate of drug-likeness (QED) is 0.688. The van der Waals surface area contributed by atoms with Gasteiger partial charge in [0.15, 0.2) is 5.82 Å². The van der Waals surface area contributed by atoms with Crippen LogP contribution in [-0.4, -0.2) is 16.6 Å². The molecule has 1 aliphatic carbocycles. The van der Waals surface area contributed by atoms with Crippen molar-refractivity contribution in [3.8, 4) is 0 Å². The van der Waals surface area contributed by atoms with E-state index in [2.05, 4.69) is 9.97 Å². The summed E-state index contributed by atoms with van der Waals surface area (Å²) in [5.74, 6) is 0.790. The summed E-state index contributed by atoms with van der Waals surface area (Å²) in [6.45, 7) is 0.822. The second-order valence-corrected chi connectivity index (χ2v) is 4.51. The predicted molar refractivity (Wildman–Crippen MR) is 57.0 cm³/mol. The summed E-state index contributed by atoms with van der Waals surface area (Å²) in [5, 5.41) is 0.642. The summed E-state index contributed by atoms with van der Waals surface area (Å²) in [6, 6.07) is 0. The zero-order valence-electron chi connectivity index (χ0n) is 8.50. The lowest BCUT2D eigenvalue weighted by Crippen LogP contribution is -2.06. The minimum absolute atomic E-state index is 0.0772. The van der Waals surface area contributed by atoms with E-state index in [0.29, 0.717) is 5.15 Å². The van der Waals surface area contributed by atoms with Crippen LogP contribution >= 0.6 is 11.6 Å². The Kier molecular flexibility index (Phi) is 2.37. The van der Waals surface area contributed by atoms with E-state index < -0.39 is 0 Å². The van der Waals surface area contributed by atoms with Gasteiger partial charge in [-0.25, -0.2) is 9.97 Å². The molecule has 1 fully saturated rings. The van der Waals surface area contributed by atoms with Crippen LogP contribution in [-0.2, 0) is 17.6 Å². The van der Waals surface area contributed by atoms with Gasteiger partial charge in [-0.2, -0.15) is 0 Å². The third kappa shape index (κ3) is 1.64. The third-order valence-electron chi connectivity index (χ3n) is 3.12. The van der Waals surface area contributed by atoms with Gasteiger partial charge in [0.05, 0.1) is 0 Å². The minimum atomic E-state index is 0.0772. The van der Waals surface area contributed by atoms with Gasteiger partial charge in [-0.3, -0.25) is 0 Å². The Balaban J connectivity index is 1.99. The van der Waals surface area contributed by atoms with E-state index in [0.717, 1.165) is 55.8 Å².